The smallest absolute Gasteiger partial charge is 0.238 e. The minimum atomic E-state index is -3.49. The summed E-state index contributed by atoms with van der Waals surface area (Å²) >= 11 is 0. The molecule has 0 aliphatic carbocycles. The lowest BCUT2D eigenvalue weighted by Gasteiger charge is -2.32. The highest BCUT2D eigenvalue weighted by atomic mass is 32.2. The van der Waals surface area contributed by atoms with Gasteiger partial charge in [0, 0.05) is 37.3 Å². The number of piperazine rings is 1. The molecule has 1 fully saturated rings. The molecule has 0 aromatic heterocycles. The van der Waals surface area contributed by atoms with Gasteiger partial charge in [-0.3, -0.25) is 9.69 Å². The van der Waals surface area contributed by atoms with Gasteiger partial charge >= 0.3 is 0 Å². The maximum Gasteiger partial charge on any atom is 0.238 e. The summed E-state index contributed by atoms with van der Waals surface area (Å²) in [6, 6.07) is 27.3. The van der Waals surface area contributed by atoms with Crippen LogP contribution in [0.25, 0.3) is 6.08 Å². The zero-order valence-electron chi connectivity index (χ0n) is 19.0. The van der Waals surface area contributed by atoms with E-state index in [2.05, 4.69) is 17.4 Å². The maximum atomic E-state index is 12.7. The Bertz CT molecular complexity index is 1220. The normalized spacial score (nSPS) is 15.4. The molecule has 0 saturated carbocycles. The van der Waals surface area contributed by atoms with Crippen molar-refractivity contribution in [3.8, 4) is 0 Å². The summed E-state index contributed by atoms with van der Waals surface area (Å²) in [6.07, 6.45) is 2.35. The lowest BCUT2D eigenvalue weighted by molar-refractivity contribution is -0.117. The molecule has 0 atom stereocenters. The topological polar surface area (TPSA) is 69.7 Å². The zero-order chi connectivity index (χ0) is 23.8. The number of para-hydroxylation sites is 1. The van der Waals surface area contributed by atoms with Gasteiger partial charge in [0.25, 0.3) is 0 Å². The summed E-state index contributed by atoms with van der Waals surface area (Å²) in [7, 11) is -3.49. The third-order valence-electron chi connectivity index (χ3n) is 5.82. The minimum Gasteiger partial charge on any atom is -0.325 e. The van der Waals surface area contributed by atoms with Crippen LogP contribution in [0.1, 0.15) is 16.7 Å². The van der Waals surface area contributed by atoms with Crippen molar-refractivity contribution in [3.63, 3.8) is 0 Å². The van der Waals surface area contributed by atoms with Crippen molar-refractivity contribution in [2.24, 2.45) is 0 Å². The van der Waals surface area contributed by atoms with Crippen molar-refractivity contribution in [2.75, 3.05) is 38.0 Å². The van der Waals surface area contributed by atoms with E-state index in [-0.39, 0.29) is 12.5 Å². The van der Waals surface area contributed by atoms with Crippen LogP contribution in [0.15, 0.2) is 90.3 Å². The molecule has 34 heavy (non-hydrogen) atoms. The number of hydrogen-bond donors (Lipinski definition) is 1. The van der Waals surface area contributed by atoms with Gasteiger partial charge in [0.2, 0.25) is 15.9 Å². The Balaban J connectivity index is 1.29. The molecule has 3 aromatic rings. The SMILES string of the molecule is O=C(CN1CCN(S(=O)(=O)/C=C/c2ccccc2)CC1)Nc1ccccc1Cc1ccccc1. The molecule has 0 bridgehead atoms. The van der Waals surface area contributed by atoms with Crippen LogP contribution in [-0.4, -0.2) is 56.3 Å². The fourth-order valence-electron chi connectivity index (χ4n) is 3.96. The van der Waals surface area contributed by atoms with Gasteiger partial charge in [-0.2, -0.15) is 4.31 Å². The molecule has 1 aliphatic heterocycles. The molecule has 0 spiro atoms. The van der Waals surface area contributed by atoms with Gasteiger partial charge in [0.15, 0.2) is 0 Å². The van der Waals surface area contributed by atoms with E-state index in [0.29, 0.717) is 26.2 Å². The van der Waals surface area contributed by atoms with Gasteiger partial charge in [0.05, 0.1) is 6.54 Å². The van der Waals surface area contributed by atoms with E-state index in [1.54, 1.807) is 6.08 Å². The van der Waals surface area contributed by atoms with Crippen LogP contribution in [0, 0.1) is 0 Å². The van der Waals surface area contributed by atoms with Crippen molar-refractivity contribution in [3.05, 3.63) is 107 Å². The maximum absolute atomic E-state index is 12.7. The Labute approximate surface area is 201 Å². The van der Waals surface area contributed by atoms with E-state index >= 15 is 0 Å². The molecule has 1 amide bonds. The molecule has 4 rings (SSSR count). The van der Waals surface area contributed by atoms with E-state index in [1.807, 2.05) is 77.7 Å². The quantitative estimate of drug-likeness (QED) is 0.538. The molecule has 1 aliphatic rings. The number of nitrogens with zero attached hydrogens (tertiary/aromatic N) is 2. The number of benzene rings is 3. The third kappa shape index (κ3) is 6.63. The summed E-state index contributed by atoms with van der Waals surface area (Å²) in [4.78, 5) is 14.7. The molecule has 1 heterocycles. The monoisotopic (exact) mass is 475 g/mol. The number of amides is 1. The first-order chi connectivity index (χ1) is 16.5. The number of sulfonamides is 1. The Morgan fingerprint density at radius 3 is 2.15 bits per heavy atom. The summed E-state index contributed by atoms with van der Waals surface area (Å²) in [6.45, 7) is 1.97. The standard InChI is InChI=1S/C27H29N3O3S/c31-27(28-26-14-8-7-13-25(26)21-24-11-5-2-6-12-24)22-29-16-18-30(19-17-29)34(32,33)20-15-23-9-3-1-4-10-23/h1-15,20H,16-19,21-22H2,(H,28,31)/b20-15+. The molecular formula is C27H29N3O3S. The number of anilines is 1. The van der Waals surface area contributed by atoms with Gasteiger partial charge in [-0.05, 0) is 35.3 Å². The Morgan fingerprint density at radius 2 is 1.44 bits per heavy atom. The van der Waals surface area contributed by atoms with Crippen LogP contribution in [0.4, 0.5) is 5.69 Å². The lowest BCUT2D eigenvalue weighted by Crippen LogP contribution is -2.49. The zero-order valence-corrected chi connectivity index (χ0v) is 19.8. The molecule has 1 N–H and O–H groups in total. The van der Waals surface area contributed by atoms with Crippen LogP contribution in [-0.2, 0) is 21.2 Å². The summed E-state index contributed by atoms with van der Waals surface area (Å²) < 4.78 is 26.8. The first-order valence-corrected chi connectivity index (χ1v) is 12.9. The predicted molar refractivity (Wildman–Crippen MR) is 137 cm³/mol. The number of carbonyl (C=O) groups excluding carboxylic acids is 1. The van der Waals surface area contributed by atoms with Crippen molar-refractivity contribution in [1.29, 1.82) is 0 Å². The third-order valence-corrected chi connectivity index (χ3v) is 7.38. The van der Waals surface area contributed by atoms with E-state index in [4.69, 9.17) is 0 Å². The van der Waals surface area contributed by atoms with Crippen LogP contribution < -0.4 is 5.32 Å². The van der Waals surface area contributed by atoms with Gasteiger partial charge in [-0.1, -0.05) is 78.9 Å². The Hall–Kier alpha value is -3.26. The molecule has 3 aromatic carbocycles. The minimum absolute atomic E-state index is 0.0965. The molecule has 0 radical (unpaired) electrons. The Kier molecular flexibility index (Phi) is 7.90. The van der Waals surface area contributed by atoms with Gasteiger partial charge in [-0.15, -0.1) is 0 Å². The summed E-state index contributed by atoms with van der Waals surface area (Å²) in [5.41, 5.74) is 3.89. The van der Waals surface area contributed by atoms with Crippen LogP contribution in [0.5, 0.6) is 0 Å². The second-order valence-corrected chi connectivity index (χ2v) is 10.1. The molecule has 0 unspecified atom stereocenters. The Morgan fingerprint density at radius 1 is 0.824 bits per heavy atom. The first-order valence-electron chi connectivity index (χ1n) is 11.4. The number of nitrogens with one attached hydrogen (secondary N) is 1. The summed E-state index contributed by atoms with van der Waals surface area (Å²) in [5.74, 6) is -0.0965. The van der Waals surface area contributed by atoms with Gasteiger partial charge in [0.1, 0.15) is 0 Å². The molecule has 176 valence electrons. The van der Waals surface area contributed by atoms with E-state index in [1.165, 1.54) is 15.3 Å². The van der Waals surface area contributed by atoms with Crippen molar-refractivity contribution in [2.45, 2.75) is 6.42 Å². The first kappa shape index (κ1) is 23.9. The van der Waals surface area contributed by atoms with Crippen molar-refractivity contribution >= 4 is 27.7 Å². The van der Waals surface area contributed by atoms with Crippen LogP contribution in [0.2, 0.25) is 0 Å². The average Bonchev–Trinajstić information content (AvgIpc) is 2.86. The van der Waals surface area contributed by atoms with E-state index < -0.39 is 10.0 Å². The van der Waals surface area contributed by atoms with Crippen LogP contribution in [0.3, 0.4) is 0 Å². The predicted octanol–water partition coefficient (Wildman–Crippen LogP) is 3.83. The highest BCUT2D eigenvalue weighted by molar-refractivity contribution is 7.92. The van der Waals surface area contributed by atoms with Gasteiger partial charge < -0.3 is 5.32 Å². The highest BCUT2D eigenvalue weighted by Gasteiger charge is 2.26. The van der Waals surface area contributed by atoms with Gasteiger partial charge in [-0.25, -0.2) is 8.42 Å². The van der Waals surface area contributed by atoms with E-state index in [0.717, 1.165) is 23.2 Å². The van der Waals surface area contributed by atoms with Crippen molar-refractivity contribution in [1.82, 2.24) is 9.21 Å². The molecular weight excluding hydrogens is 446 g/mol. The molecule has 7 heteroatoms. The van der Waals surface area contributed by atoms with Crippen molar-refractivity contribution < 1.29 is 13.2 Å². The number of hydrogen-bond acceptors (Lipinski definition) is 4. The molecule has 1 saturated heterocycles. The van der Waals surface area contributed by atoms with E-state index in [9.17, 15) is 13.2 Å². The fourth-order valence-corrected chi connectivity index (χ4v) is 5.14. The number of rotatable bonds is 8. The fraction of sp³-hybridized carbons (Fsp3) is 0.222. The number of carbonyl (C=O) groups is 1. The second kappa shape index (κ2) is 11.2. The summed E-state index contributed by atoms with van der Waals surface area (Å²) in [5, 5.41) is 4.29. The lowest BCUT2D eigenvalue weighted by atomic mass is 10.0. The highest BCUT2D eigenvalue weighted by Crippen LogP contribution is 2.19. The molecule has 6 nitrogen and oxygen atoms in total. The largest absolute Gasteiger partial charge is 0.325 e. The van der Waals surface area contributed by atoms with Crippen LogP contribution >= 0.6 is 0 Å². The average molecular weight is 476 g/mol. The second-order valence-electron chi connectivity index (χ2n) is 8.30.